The average molecular weight is 410 g/mol. The molecule has 4 aromatic rings. The van der Waals surface area contributed by atoms with Gasteiger partial charge in [-0.25, -0.2) is 0 Å². The number of hydrogen-bond donors (Lipinski definition) is 2. The summed E-state index contributed by atoms with van der Waals surface area (Å²) in [4.78, 5) is 25.3. The fraction of sp³-hybridized carbons (Fsp3) is 0.0769. The largest absolute Gasteiger partial charge is 0.496 e. The Morgan fingerprint density at radius 2 is 1.39 bits per heavy atom. The molecule has 0 unspecified atom stereocenters. The van der Waals surface area contributed by atoms with E-state index in [0.29, 0.717) is 22.5 Å². The molecule has 0 heterocycles. The Morgan fingerprint density at radius 3 is 2.13 bits per heavy atom. The standard InChI is InChI=1S/C26H22N2O3/c1-17-23-13-11-20(15-18(23)12-14-24(17)31-2)26(30)28-22-10-6-7-19(16-22)25(29)27-21-8-4-3-5-9-21/h3-16H,1-2H3,(H,27,29)(H,28,30). The lowest BCUT2D eigenvalue weighted by atomic mass is 10.0. The molecule has 0 aliphatic heterocycles. The number of hydrogen-bond acceptors (Lipinski definition) is 3. The summed E-state index contributed by atoms with van der Waals surface area (Å²) < 4.78 is 5.37. The van der Waals surface area contributed by atoms with Gasteiger partial charge in [-0.1, -0.05) is 36.4 Å². The summed E-state index contributed by atoms with van der Waals surface area (Å²) in [5.41, 5.74) is 3.30. The number of aryl methyl sites for hydroxylation is 1. The molecule has 4 aromatic carbocycles. The van der Waals surface area contributed by atoms with E-state index in [-0.39, 0.29) is 11.8 Å². The molecular weight excluding hydrogens is 388 g/mol. The number of anilines is 2. The van der Waals surface area contributed by atoms with Gasteiger partial charge in [0.05, 0.1) is 7.11 Å². The van der Waals surface area contributed by atoms with E-state index in [2.05, 4.69) is 10.6 Å². The van der Waals surface area contributed by atoms with Gasteiger partial charge in [-0.15, -0.1) is 0 Å². The number of ether oxygens (including phenoxy) is 1. The van der Waals surface area contributed by atoms with Crippen molar-refractivity contribution in [3.63, 3.8) is 0 Å². The van der Waals surface area contributed by atoms with Crippen LogP contribution in [0.15, 0.2) is 84.9 Å². The van der Waals surface area contributed by atoms with Crippen LogP contribution < -0.4 is 15.4 Å². The number of carbonyl (C=O) groups excluding carboxylic acids is 2. The van der Waals surface area contributed by atoms with E-state index >= 15 is 0 Å². The van der Waals surface area contributed by atoms with Gasteiger partial charge in [-0.3, -0.25) is 9.59 Å². The molecule has 154 valence electrons. The van der Waals surface area contributed by atoms with Crippen molar-refractivity contribution in [2.45, 2.75) is 6.92 Å². The van der Waals surface area contributed by atoms with E-state index in [9.17, 15) is 9.59 Å². The minimum atomic E-state index is -0.240. The summed E-state index contributed by atoms with van der Waals surface area (Å²) in [5, 5.41) is 7.72. The number of fused-ring (bicyclic) bond motifs is 1. The van der Waals surface area contributed by atoms with Crippen LogP contribution in [0.4, 0.5) is 11.4 Å². The Hall–Kier alpha value is -4.12. The van der Waals surface area contributed by atoms with Crippen molar-refractivity contribution in [3.8, 4) is 5.75 Å². The SMILES string of the molecule is COc1ccc2cc(C(=O)Nc3cccc(C(=O)Nc4ccccc4)c3)ccc2c1C. The summed E-state index contributed by atoms with van der Waals surface area (Å²) in [5.74, 6) is 0.337. The smallest absolute Gasteiger partial charge is 0.255 e. The topological polar surface area (TPSA) is 67.4 Å². The van der Waals surface area contributed by atoms with Crippen LogP contribution >= 0.6 is 0 Å². The molecule has 0 radical (unpaired) electrons. The quantitative estimate of drug-likeness (QED) is 0.446. The minimum absolute atomic E-state index is 0.238. The molecule has 0 aliphatic carbocycles. The maximum Gasteiger partial charge on any atom is 0.255 e. The first-order valence-electron chi connectivity index (χ1n) is 9.90. The van der Waals surface area contributed by atoms with Gasteiger partial charge in [0.25, 0.3) is 11.8 Å². The number of rotatable bonds is 5. The van der Waals surface area contributed by atoms with Gasteiger partial charge in [0.2, 0.25) is 0 Å². The van der Waals surface area contributed by atoms with Gasteiger partial charge in [0.1, 0.15) is 5.75 Å². The van der Waals surface area contributed by atoms with Gasteiger partial charge in [0.15, 0.2) is 0 Å². The normalized spacial score (nSPS) is 10.5. The van der Waals surface area contributed by atoms with Crippen LogP contribution in [0.25, 0.3) is 10.8 Å². The van der Waals surface area contributed by atoms with Crippen molar-refractivity contribution < 1.29 is 14.3 Å². The Labute approximate surface area is 180 Å². The summed E-state index contributed by atoms with van der Waals surface area (Å²) >= 11 is 0. The first-order valence-corrected chi connectivity index (χ1v) is 9.90. The Balaban J connectivity index is 1.52. The highest BCUT2D eigenvalue weighted by atomic mass is 16.5. The molecule has 0 fully saturated rings. The number of amides is 2. The van der Waals surface area contributed by atoms with Crippen LogP contribution in [-0.2, 0) is 0 Å². The second-order valence-electron chi connectivity index (χ2n) is 7.18. The third-order valence-electron chi connectivity index (χ3n) is 5.14. The molecular formula is C26H22N2O3. The van der Waals surface area contributed by atoms with E-state index < -0.39 is 0 Å². The van der Waals surface area contributed by atoms with E-state index in [1.165, 1.54) is 0 Å². The molecule has 0 aromatic heterocycles. The molecule has 0 saturated heterocycles. The minimum Gasteiger partial charge on any atom is -0.496 e. The van der Waals surface area contributed by atoms with Crippen LogP contribution in [0.3, 0.4) is 0 Å². The average Bonchev–Trinajstić information content (AvgIpc) is 2.80. The van der Waals surface area contributed by atoms with Gasteiger partial charge in [-0.2, -0.15) is 0 Å². The molecule has 2 N–H and O–H groups in total. The molecule has 2 amide bonds. The van der Waals surface area contributed by atoms with Crippen molar-refractivity contribution in [3.05, 3.63) is 102 Å². The van der Waals surface area contributed by atoms with Gasteiger partial charge in [0, 0.05) is 22.5 Å². The third-order valence-corrected chi connectivity index (χ3v) is 5.14. The molecule has 0 saturated carbocycles. The monoisotopic (exact) mass is 410 g/mol. The number of carbonyl (C=O) groups is 2. The van der Waals surface area contributed by atoms with Crippen LogP contribution in [0.1, 0.15) is 26.3 Å². The fourth-order valence-corrected chi connectivity index (χ4v) is 3.49. The lowest BCUT2D eigenvalue weighted by Crippen LogP contribution is -2.14. The van der Waals surface area contributed by atoms with Gasteiger partial charge >= 0.3 is 0 Å². The molecule has 0 spiro atoms. The van der Waals surface area contributed by atoms with Crippen LogP contribution in [0, 0.1) is 6.92 Å². The lowest BCUT2D eigenvalue weighted by Gasteiger charge is -2.11. The van der Waals surface area contributed by atoms with Gasteiger partial charge in [-0.05, 0) is 71.8 Å². The molecule has 0 aliphatic rings. The zero-order valence-electron chi connectivity index (χ0n) is 17.3. The van der Waals surface area contributed by atoms with Crippen LogP contribution in [-0.4, -0.2) is 18.9 Å². The molecule has 0 bridgehead atoms. The first kappa shape index (κ1) is 20.2. The van der Waals surface area contributed by atoms with Gasteiger partial charge < -0.3 is 15.4 Å². The molecule has 5 heteroatoms. The van der Waals surface area contributed by atoms with Crippen LogP contribution in [0.5, 0.6) is 5.75 Å². The highest BCUT2D eigenvalue weighted by Crippen LogP contribution is 2.28. The maximum absolute atomic E-state index is 12.8. The summed E-state index contributed by atoms with van der Waals surface area (Å²) in [6.45, 7) is 1.99. The molecule has 5 nitrogen and oxygen atoms in total. The fourth-order valence-electron chi connectivity index (χ4n) is 3.49. The predicted octanol–water partition coefficient (Wildman–Crippen LogP) is 5.66. The predicted molar refractivity (Wildman–Crippen MR) is 124 cm³/mol. The van der Waals surface area contributed by atoms with Crippen molar-refractivity contribution in [1.29, 1.82) is 0 Å². The third kappa shape index (κ3) is 4.41. The first-order chi connectivity index (χ1) is 15.0. The Bertz CT molecular complexity index is 1270. The van der Waals surface area contributed by atoms with Crippen molar-refractivity contribution >= 4 is 34.0 Å². The Morgan fingerprint density at radius 1 is 0.710 bits per heavy atom. The second kappa shape index (κ2) is 8.71. The molecule has 0 atom stereocenters. The van der Waals surface area contributed by atoms with E-state index in [4.69, 9.17) is 4.74 Å². The zero-order chi connectivity index (χ0) is 21.8. The molecule has 31 heavy (non-hydrogen) atoms. The number of nitrogens with one attached hydrogen (secondary N) is 2. The highest BCUT2D eigenvalue weighted by Gasteiger charge is 2.12. The summed E-state index contributed by atoms with van der Waals surface area (Å²) in [6, 6.07) is 25.5. The summed E-state index contributed by atoms with van der Waals surface area (Å²) in [7, 11) is 1.64. The number of para-hydroxylation sites is 1. The number of benzene rings is 4. The van der Waals surface area contributed by atoms with E-state index in [0.717, 1.165) is 22.1 Å². The summed E-state index contributed by atoms with van der Waals surface area (Å²) in [6.07, 6.45) is 0. The lowest BCUT2D eigenvalue weighted by molar-refractivity contribution is 0.101. The van der Waals surface area contributed by atoms with E-state index in [1.807, 2.05) is 61.5 Å². The highest BCUT2D eigenvalue weighted by molar-refractivity contribution is 6.08. The van der Waals surface area contributed by atoms with Crippen molar-refractivity contribution in [1.82, 2.24) is 0 Å². The zero-order valence-corrected chi connectivity index (χ0v) is 17.3. The van der Waals surface area contributed by atoms with E-state index in [1.54, 1.807) is 37.4 Å². The van der Waals surface area contributed by atoms with Crippen LogP contribution in [0.2, 0.25) is 0 Å². The Kier molecular flexibility index (Phi) is 5.67. The second-order valence-corrected chi connectivity index (χ2v) is 7.18. The van der Waals surface area contributed by atoms with Crippen molar-refractivity contribution in [2.75, 3.05) is 17.7 Å². The molecule has 4 rings (SSSR count). The maximum atomic E-state index is 12.8. The number of methoxy groups -OCH3 is 1. The van der Waals surface area contributed by atoms with Crippen molar-refractivity contribution in [2.24, 2.45) is 0 Å².